The average Bonchev–Trinajstić information content (AvgIpc) is 2.25. The first kappa shape index (κ1) is 21.2. The van der Waals surface area contributed by atoms with E-state index in [0.29, 0.717) is 0 Å². The maximum absolute atomic E-state index is 6.00. The monoisotopic (exact) mass is 226 g/mol. The molecule has 2 N–H and O–H groups in total. The third-order valence-electron chi connectivity index (χ3n) is 2.35. The van der Waals surface area contributed by atoms with Crippen molar-refractivity contribution in [3.63, 3.8) is 0 Å². The first-order valence-electron chi connectivity index (χ1n) is 5.91. The van der Waals surface area contributed by atoms with E-state index >= 15 is 0 Å². The van der Waals surface area contributed by atoms with Crippen LogP contribution in [0.4, 0.5) is 0 Å². The molecule has 0 aliphatic carbocycles. The van der Waals surface area contributed by atoms with E-state index in [9.17, 15) is 0 Å². The van der Waals surface area contributed by atoms with Crippen molar-refractivity contribution in [2.75, 3.05) is 0 Å². The van der Waals surface area contributed by atoms with E-state index in [1.807, 2.05) is 0 Å². The molecule has 0 aromatic heterocycles. The Morgan fingerprint density at radius 3 is 1.40 bits per heavy atom. The number of hydrogen-bond acceptors (Lipinski definition) is 2. The minimum absolute atomic E-state index is 0. The summed E-state index contributed by atoms with van der Waals surface area (Å²) in [5.74, 6) is 0. The van der Waals surface area contributed by atoms with Crippen LogP contribution in [-0.4, -0.2) is 10.5 Å². The Morgan fingerprint density at radius 2 is 1.07 bits per heavy atom. The summed E-state index contributed by atoms with van der Waals surface area (Å²) in [7, 11) is 0. The van der Waals surface area contributed by atoms with Crippen molar-refractivity contribution in [2.45, 2.75) is 71.1 Å². The van der Waals surface area contributed by atoms with Crippen molar-refractivity contribution < 1.29 is 40.1 Å². The summed E-state index contributed by atoms with van der Waals surface area (Å²) in [6, 6.07) is 0. The normalized spacial score (nSPS) is 8.80. The molecule has 0 amide bonds. The number of unbranched alkanes of at least 4 members (excludes halogenated alkanes) is 9. The van der Waals surface area contributed by atoms with Crippen molar-refractivity contribution in [1.29, 1.82) is 0 Å². The maximum Gasteiger partial charge on any atom is 1.00 e. The summed E-state index contributed by atoms with van der Waals surface area (Å²) >= 11 is 0. The molecule has 0 atom stereocenters. The molecule has 0 unspecified atom stereocenters. The predicted octanol–water partition coefficient (Wildman–Crippen LogP) is 1.76. The predicted molar refractivity (Wildman–Crippen MR) is 62.5 cm³/mol. The summed E-state index contributed by atoms with van der Waals surface area (Å²) in [5, 5.41) is 12.0. The zero-order valence-electron chi connectivity index (χ0n) is 10.7. The van der Waals surface area contributed by atoms with Gasteiger partial charge < -0.3 is 6.92 Å². The van der Waals surface area contributed by atoms with Crippen molar-refractivity contribution in [2.24, 2.45) is 0 Å². The minimum atomic E-state index is 0. The molecule has 88 valence electrons. The smallest absolute Gasteiger partial charge is 0.343 e. The van der Waals surface area contributed by atoms with Crippen LogP contribution in [0, 0.1) is 6.92 Å². The van der Waals surface area contributed by atoms with Gasteiger partial charge in [-0.3, -0.25) is 10.5 Å². The Kier molecular flexibility index (Phi) is 34.3. The van der Waals surface area contributed by atoms with Crippen molar-refractivity contribution in [3.8, 4) is 0 Å². The van der Waals surface area contributed by atoms with Crippen LogP contribution >= 0.6 is 0 Å². The van der Waals surface area contributed by atoms with Crippen molar-refractivity contribution in [1.82, 2.24) is 0 Å². The molecule has 0 radical (unpaired) electrons. The first-order chi connectivity index (χ1) is 6.91. The fourth-order valence-corrected chi connectivity index (χ4v) is 1.49. The zero-order valence-corrected chi connectivity index (χ0v) is 12.7. The molecule has 0 fully saturated rings. The largest absolute Gasteiger partial charge is 1.00 e. The summed E-state index contributed by atoms with van der Waals surface area (Å²) in [6.45, 7) is 6.12. The molecule has 2 nitrogen and oxygen atoms in total. The van der Waals surface area contributed by atoms with Crippen LogP contribution in [-0.2, 0) is 0 Å². The van der Waals surface area contributed by atoms with E-state index in [-0.39, 0.29) is 29.6 Å². The molecule has 0 aliphatic heterocycles. The molecule has 15 heavy (non-hydrogen) atoms. The minimum Gasteiger partial charge on any atom is -0.343 e. The second-order valence-electron chi connectivity index (χ2n) is 3.68. The number of rotatable bonds is 9. The van der Waals surface area contributed by atoms with E-state index in [1.54, 1.807) is 0 Å². The second-order valence-corrected chi connectivity index (χ2v) is 3.68. The third kappa shape index (κ3) is 25.3. The summed E-state index contributed by atoms with van der Waals surface area (Å²) in [4.78, 5) is 0. The molecule has 0 heterocycles. The molecular formula is C12H27NaO2. The van der Waals surface area contributed by atoms with E-state index in [0.717, 1.165) is 6.42 Å². The molecule has 0 rings (SSSR count). The molecule has 0 saturated heterocycles. The maximum atomic E-state index is 6.00. The van der Waals surface area contributed by atoms with Crippen molar-refractivity contribution in [3.05, 3.63) is 6.92 Å². The van der Waals surface area contributed by atoms with Crippen LogP contribution in [0.1, 0.15) is 71.1 Å². The summed E-state index contributed by atoms with van der Waals surface area (Å²) in [6.07, 6.45) is 13.9. The van der Waals surface area contributed by atoms with Gasteiger partial charge in [-0.25, -0.2) is 0 Å². The quantitative estimate of drug-likeness (QED) is 0.207. The van der Waals surface area contributed by atoms with Gasteiger partial charge in [0.05, 0.1) is 0 Å². The fourth-order valence-electron chi connectivity index (χ4n) is 1.49. The van der Waals surface area contributed by atoms with Gasteiger partial charge in [0, 0.05) is 0 Å². The van der Waals surface area contributed by atoms with Crippen LogP contribution in [0.5, 0.6) is 0 Å². The number of hydrogen-bond donors (Lipinski definition) is 2. The molecule has 0 aromatic rings. The molecule has 0 saturated carbocycles. The van der Waals surface area contributed by atoms with Crippen LogP contribution in [0.25, 0.3) is 0 Å². The Morgan fingerprint density at radius 1 is 0.733 bits per heavy atom. The Bertz CT molecular complexity index is 70.0. The van der Waals surface area contributed by atoms with E-state index in [1.165, 1.54) is 57.8 Å². The third-order valence-corrected chi connectivity index (χ3v) is 2.35. The van der Waals surface area contributed by atoms with Gasteiger partial charge >= 0.3 is 29.6 Å². The molecule has 3 heteroatoms. The van der Waals surface area contributed by atoms with Crippen molar-refractivity contribution >= 4 is 0 Å². The molecule has 0 aliphatic rings. The summed E-state index contributed by atoms with van der Waals surface area (Å²) < 4.78 is 0. The van der Waals surface area contributed by atoms with Gasteiger partial charge in [0.2, 0.25) is 0 Å². The standard InChI is InChI=1S/C12H25.Na.H2O2/c1-3-5-7-9-11-12-10-8-6-4-2;;1-2/h1,3-12H2,2H3;;1-2H/q-1;+1;. The molecule has 0 bridgehead atoms. The van der Waals surface area contributed by atoms with Gasteiger partial charge in [-0.2, -0.15) is 6.42 Å². The average molecular weight is 226 g/mol. The molecule has 0 spiro atoms. The Balaban J connectivity index is -0.000000449. The van der Waals surface area contributed by atoms with Crippen LogP contribution in [0.3, 0.4) is 0 Å². The Hall–Kier alpha value is 0.920. The van der Waals surface area contributed by atoms with E-state index in [2.05, 4.69) is 13.8 Å². The van der Waals surface area contributed by atoms with E-state index in [4.69, 9.17) is 10.5 Å². The summed E-state index contributed by atoms with van der Waals surface area (Å²) in [5.41, 5.74) is 0. The van der Waals surface area contributed by atoms with Gasteiger partial charge in [-0.05, 0) is 0 Å². The second kappa shape index (κ2) is 24.2. The molecular weight excluding hydrogens is 199 g/mol. The van der Waals surface area contributed by atoms with Gasteiger partial charge in [0.25, 0.3) is 0 Å². The first-order valence-corrected chi connectivity index (χ1v) is 5.91. The molecule has 0 aromatic carbocycles. The van der Waals surface area contributed by atoms with Gasteiger partial charge in [0.1, 0.15) is 0 Å². The van der Waals surface area contributed by atoms with Gasteiger partial charge in [0.15, 0.2) is 0 Å². The van der Waals surface area contributed by atoms with Gasteiger partial charge in [-0.1, -0.05) is 64.7 Å². The van der Waals surface area contributed by atoms with E-state index < -0.39 is 0 Å². The van der Waals surface area contributed by atoms with Crippen LogP contribution in [0.2, 0.25) is 0 Å². The SMILES string of the molecule is OO.[CH2-]CCCCCCCCCCC.[Na+]. The zero-order chi connectivity index (χ0) is 11.1. The van der Waals surface area contributed by atoms with Gasteiger partial charge in [-0.15, -0.1) is 0 Å². The topological polar surface area (TPSA) is 40.5 Å². The van der Waals surface area contributed by atoms with Crippen LogP contribution < -0.4 is 29.6 Å². The fraction of sp³-hybridized carbons (Fsp3) is 0.917. The van der Waals surface area contributed by atoms with Crippen LogP contribution in [0.15, 0.2) is 0 Å². The Labute approximate surface area is 118 Å².